The predicted molar refractivity (Wildman–Crippen MR) is 96.7 cm³/mol. The average Bonchev–Trinajstić information content (AvgIpc) is 2.51. The van der Waals surface area contributed by atoms with Gasteiger partial charge in [-0.3, -0.25) is 14.4 Å². The van der Waals surface area contributed by atoms with Crippen molar-refractivity contribution in [3.8, 4) is 0 Å². The minimum absolute atomic E-state index is 0.00648. The second-order valence-corrected chi connectivity index (χ2v) is 7.56. The first kappa shape index (κ1) is 20.7. The summed E-state index contributed by atoms with van der Waals surface area (Å²) < 4.78 is 0. The summed E-state index contributed by atoms with van der Waals surface area (Å²) in [5.41, 5.74) is 0.918. The number of carbonyl (C=O) groups excluding carboxylic acids is 2. The third-order valence-corrected chi connectivity index (χ3v) is 3.62. The number of benzene rings is 1. The minimum atomic E-state index is -0.940. The molecule has 0 spiro atoms. The number of rotatable bonds is 7. The van der Waals surface area contributed by atoms with Crippen LogP contribution in [0.15, 0.2) is 24.3 Å². The SMILES string of the molecule is CC(C)N(CCC(=O)O)C(=O)c1ccc(C(=O)NCC(C)(C)C)cc1. The molecule has 25 heavy (non-hydrogen) atoms. The Balaban J connectivity index is 2.81. The highest BCUT2D eigenvalue weighted by molar-refractivity contribution is 5.98. The third kappa shape index (κ3) is 6.95. The molecule has 1 aromatic rings. The molecular weight excluding hydrogens is 320 g/mol. The zero-order valence-corrected chi connectivity index (χ0v) is 15.6. The van der Waals surface area contributed by atoms with Gasteiger partial charge in [0.05, 0.1) is 6.42 Å². The van der Waals surface area contributed by atoms with E-state index in [1.54, 1.807) is 24.3 Å². The van der Waals surface area contributed by atoms with Gasteiger partial charge < -0.3 is 15.3 Å². The number of carboxylic acids is 1. The van der Waals surface area contributed by atoms with Crippen molar-refractivity contribution in [2.24, 2.45) is 5.41 Å². The number of carbonyl (C=O) groups is 3. The van der Waals surface area contributed by atoms with Crippen molar-refractivity contribution in [2.45, 2.75) is 47.1 Å². The lowest BCUT2D eigenvalue weighted by Gasteiger charge is -2.26. The lowest BCUT2D eigenvalue weighted by atomic mass is 9.97. The Bertz CT molecular complexity index is 615. The maximum Gasteiger partial charge on any atom is 0.305 e. The van der Waals surface area contributed by atoms with Gasteiger partial charge in [-0.25, -0.2) is 0 Å². The van der Waals surface area contributed by atoms with Gasteiger partial charge in [-0.15, -0.1) is 0 Å². The Labute approximate surface area is 149 Å². The fourth-order valence-electron chi connectivity index (χ4n) is 2.19. The molecule has 6 nitrogen and oxygen atoms in total. The van der Waals surface area contributed by atoms with Crippen LogP contribution in [0.1, 0.15) is 61.8 Å². The highest BCUT2D eigenvalue weighted by atomic mass is 16.4. The van der Waals surface area contributed by atoms with Gasteiger partial charge in [0.1, 0.15) is 0 Å². The average molecular weight is 348 g/mol. The number of aliphatic carboxylic acids is 1. The zero-order chi connectivity index (χ0) is 19.2. The van der Waals surface area contributed by atoms with E-state index in [-0.39, 0.29) is 36.2 Å². The van der Waals surface area contributed by atoms with E-state index in [0.29, 0.717) is 17.7 Å². The zero-order valence-electron chi connectivity index (χ0n) is 15.6. The van der Waals surface area contributed by atoms with Crippen molar-refractivity contribution >= 4 is 17.8 Å². The molecule has 0 atom stereocenters. The second-order valence-electron chi connectivity index (χ2n) is 7.56. The largest absolute Gasteiger partial charge is 0.481 e. The molecule has 0 aromatic heterocycles. The summed E-state index contributed by atoms with van der Waals surface area (Å²) in [6.45, 7) is 10.5. The first-order valence-corrected chi connectivity index (χ1v) is 8.42. The molecule has 0 aliphatic rings. The van der Waals surface area contributed by atoms with Crippen LogP contribution in [-0.2, 0) is 4.79 Å². The molecule has 0 radical (unpaired) electrons. The number of carboxylic acid groups (broad SMARTS) is 1. The minimum Gasteiger partial charge on any atom is -0.481 e. The molecule has 0 heterocycles. The van der Waals surface area contributed by atoms with E-state index in [9.17, 15) is 14.4 Å². The first-order chi connectivity index (χ1) is 11.5. The molecule has 0 unspecified atom stereocenters. The standard InChI is InChI=1S/C19H28N2O4/c1-13(2)21(11-10-16(22)23)18(25)15-8-6-14(7-9-15)17(24)20-12-19(3,4)5/h6-9,13H,10-12H2,1-5H3,(H,20,24)(H,22,23). The Kier molecular flexibility index (Phi) is 7.15. The lowest BCUT2D eigenvalue weighted by molar-refractivity contribution is -0.137. The maximum atomic E-state index is 12.6. The van der Waals surface area contributed by atoms with Crippen LogP contribution >= 0.6 is 0 Å². The van der Waals surface area contributed by atoms with Crippen molar-refractivity contribution in [1.82, 2.24) is 10.2 Å². The van der Waals surface area contributed by atoms with Crippen LogP contribution < -0.4 is 5.32 Å². The molecule has 0 aliphatic heterocycles. The van der Waals surface area contributed by atoms with Crippen LogP contribution in [0, 0.1) is 5.41 Å². The maximum absolute atomic E-state index is 12.6. The number of nitrogens with one attached hydrogen (secondary N) is 1. The van der Waals surface area contributed by atoms with Crippen molar-refractivity contribution in [2.75, 3.05) is 13.1 Å². The van der Waals surface area contributed by atoms with E-state index < -0.39 is 5.97 Å². The smallest absolute Gasteiger partial charge is 0.305 e. The molecule has 0 saturated heterocycles. The lowest BCUT2D eigenvalue weighted by Crippen LogP contribution is -2.38. The predicted octanol–water partition coefficient (Wildman–Crippen LogP) is 2.79. The molecule has 0 saturated carbocycles. The molecule has 2 N–H and O–H groups in total. The summed E-state index contributed by atoms with van der Waals surface area (Å²) in [5, 5.41) is 11.7. The van der Waals surface area contributed by atoms with Gasteiger partial charge in [-0.05, 0) is 43.5 Å². The van der Waals surface area contributed by atoms with Crippen molar-refractivity contribution < 1.29 is 19.5 Å². The summed E-state index contributed by atoms with van der Waals surface area (Å²) in [6, 6.07) is 6.32. The van der Waals surface area contributed by atoms with Gasteiger partial charge in [-0.1, -0.05) is 20.8 Å². The molecule has 6 heteroatoms. The number of nitrogens with zero attached hydrogens (tertiary/aromatic N) is 1. The van der Waals surface area contributed by atoms with Gasteiger partial charge in [0.15, 0.2) is 0 Å². The van der Waals surface area contributed by atoms with Gasteiger partial charge in [-0.2, -0.15) is 0 Å². The van der Waals surface area contributed by atoms with Gasteiger partial charge in [0, 0.05) is 30.3 Å². The summed E-state index contributed by atoms with van der Waals surface area (Å²) >= 11 is 0. The van der Waals surface area contributed by atoms with Crippen LogP contribution in [0.4, 0.5) is 0 Å². The van der Waals surface area contributed by atoms with Crippen LogP contribution in [0.2, 0.25) is 0 Å². The third-order valence-electron chi connectivity index (χ3n) is 3.62. The molecule has 1 aromatic carbocycles. The van der Waals surface area contributed by atoms with Gasteiger partial charge >= 0.3 is 5.97 Å². The molecule has 2 amide bonds. The fourth-order valence-corrected chi connectivity index (χ4v) is 2.19. The van der Waals surface area contributed by atoms with Crippen molar-refractivity contribution in [1.29, 1.82) is 0 Å². The van der Waals surface area contributed by atoms with E-state index in [4.69, 9.17) is 5.11 Å². The number of hydrogen-bond donors (Lipinski definition) is 2. The molecule has 138 valence electrons. The summed E-state index contributed by atoms with van der Waals surface area (Å²) in [6.07, 6.45) is -0.1000. The first-order valence-electron chi connectivity index (χ1n) is 8.42. The summed E-state index contributed by atoms with van der Waals surface area (Å²) in [7, 11) is 0. The molecule has 0 bridgehead atoms. The Hall–Kier alpha value is -2.37. The number of amides is 2. The Morgan fingerprint density at radius 1 is 1.08 bits per heavy atom. The van der Waals surface area contributed by atoms with E-state index in [1.807, 2.05) is 34.6 Å². The van der Waals surface area contributed by atoms with E-state index >= 15 is 0 Å². The Morgan fingerprint density at radius 2 is 1.60 bits per heavy atom. The normalized spacial score (nSPS) is 11.3. The highest BCUT2D eigenvalue weighted by Crippen LogP contribution is 2.13. The topological polar surface area (TPSA) is 86.7 Å². The van der Waals surface area contributed by atoms with Gasteiger partial charge in [0.2, 0.25) is 0 Å². The monoisotopic (exact) mass is 348 g/mol. The van der Waals surface area contributed by atoms with Crippen LogP contribution in [-0.4, -0.2) is 46.9 Å². The molecule has 0 fully saturated rings. The van der Waals surface area contributed by atoms with Crippen LogP contribution in [0.3, 0.4) is 0 Å². The second kappa shape index (κ2) is 8.65. The highest BCUT2D eigenvalue weighted by Gasteiger charge is 2.20. The fraction of sp³-hybridized carbons (Fsp3) is 0.526. The van der Waals surface area contributed by atoms with E-state index in [1.165, 1.54) is 4.90 Å². The van der Waals surface area contributed by atoms with Crippen molar-refractivity contribution in [3.63, 3.8) is 0 Å². The Morgan fingerprint density at radius 3 is 2.04 bits per heavy atom. The summed E-state index contributed by atoms with van der Waals surface area (Å²) in [5.74, 6) is -1.36. The van der Waals surface area contributed by atoms with Crippen LogP contribution in [0.25, 0.3) is 0 Å². The van der Waals surface area contributed by atoms with Crippen molar-refractivity contribution in [3.05, 3.63) is 35.4 Å². The number of hydrogen-bond acceptors (Lipinski definition) is 3. The molecule has 1 rings (SSSR count). The summed E-state index contributed by atoms with van der Waals surface area (Å²) in [4.78, 5) is 37.0. The quantitative estimate of drug-likeness (QED) is 0.793. The van der Waals surface area contributed by atoms with Crippen LogP contribution in [0.5, 0.6) is 0 Å². The van der Waals surface area contributed by atoms with E-state index in [2.05, 4.69) is 5.32 Å². The van der Waals surface area contributed by atoms with Gasteiger partial charge in [0.25, 0.3) is 11.8 Å². The molecule has 0 aliphatic carbocycles. The van der Waals surface area contributed by atoms with E-state index in [0.717, 1.165) is 0 Å². The molecular formula is C19H28N2O4.